The molecule has 1 unspecified atom stereocenters. The molecule has 16 heavy (non-hydrogen) atoms. The first-order valence-electron chi connectivity index (χ1n) is 5.06. The van der Waals surface area contributed by atoms with Crippen molar-refractivity contribution < 1.29 is 14.4 Å². The maximum Gasteiger partial charge on any atom is 0.271 e. The molecule has 1 aliphatic rings. The highest BCUT2D eigenvalue weighted by Crippen LogP contribution is 2.35. The SMILES string of the molecule is Oc1ccsc1-c1nc(C2CCCO2)no1. The van der Waals surface area contributed by atoms with Gasteiger partial charge in [0.25, 0.3) is 5.89 Å². The highest BCUT2D eigenvalue weighted by molar-refractivity contribution is 7.13. The fourth-order valence-corrected chi connectivity index (χ4v) is 2.41. The lowest BCUT2D eigenvalue weighted by Gasteiger charge is -2.00. The van der Waals surface area contributed by atoms with E-state index in [4.69, 9.17) is 9.26 Å². The lowest BCUT2D eigenvalue weighted by molar-refractivity contribution is 0.103. The van der Waals surface area contributed by atoms with E-state index in [1.165, 1.54) is 11.3 Å². The fraction of sp³-hybridized carbons (Fsp3) is 0.400. The number of rotatable bonds is 2. The lowest BCUT2D eigenvalue weighted by Crippen LogP contribution is -1.97. The Hall–Kier alpha value is -1.40. The van der Waals surface area contributed by atoms with Crippen molar-refractivity contribution in [2.75, 3.05) is 6.61 Å². The van der Waals surface area contributed by atoms with Crippen LogP contribution in [0.3, 0.4) is 0 Å². The number of thiophene rings is 1. The van der Waals surface area contributed by atoms with Gasteiger partial charge in [0.15, 0.2) is 0 Å². The largest absolute Gasteiger partial charge is 0.506 e. The summed E-state index contributed by atoms with van der Waals surface area (Å²) in [5.41, 5.74) is 0. The van der Waals surface area contributed by atoms with Crippen LogP contribution in [-0.2, 0) is 4.74 Å². The Morgan fingerprint density at radius 3 is 3.12 bits per heavy atom. The molecule has 1 aliphatic heterocycles. The van der Waals surface area contributed by atoms with Gasteiger partial charge in [0.2, 0.25) is 5.82 Å². The lowest BCUT2D eigenvalue weighted by atomic mass is 10.2. The second-order valence-electron chi connectivity index (χ2n) is 3.59. The molecule has 0 radical (unpaired) electrons. The average Bonchev–Trinajstić information content (AvgIpc) is 2.96. The molecule has 3 heterocycles. The predicted molar refractivity (Wildman–Crippen MR) is 57.2 cm³/mol. The number of ether oxygens (including phenoxy) is 1. The summed E-state index contributed by atoms with van der Waals surface area (Å²) in [6.07, 6.45) is 1.90. The van der Waals surface area contributed by atoms with Gasteiger partial charge in [-0.3, -0.25) is 0 Å². The molecule has 6 heteroatoms. The van der Waals surface area contributed by atoms with Gasteiger partial charge in [0.1, 0.15) is 16.7 Å². The number of aromatic hydroxyl groups is 1. The van der Waals surface area contributed by atoms with Gasteiger partial charge >= 0.3 is 0 Å². The monoisotopic (exact) mass is 238 g/mol. The normalized spacial score (nSPS) is 20.4. The van der Waals surface area contributed by atoms with E-state index < -0.39 is 0 Å². The molecule has 0 saturated carbocycles. The van der Waals surface area contributed by atoms with Gasteiger partial charge < -0.3 is 14.4 Å². The molecule has 1 fully saturated rings. The van der Waals surface area contributed by atoms with Crippen molar-refractivity contribution in [1.82, 2.24) is 10.1 Å². The van der Waals surface area contributed by atoms with Crippen molar-refractivity contribution in [3.63, 3.8) is 0 Å². The van der Waals surface area contributed by atoms with Gasteiger partial charge in [-0.2, -0.15) is 4.98 Å². The van der Waals surface area contributed by atoms with Gasteiger partial charge in [-0.1, -0.05) is 5.16 Å². The molecule has 0 aliphatic carbocycles. The van der Waals surface area contributed by atoms with Crippen LogP contribution in [0.15, 0.2) is 16.0 Å². The molecule has 84 valence electrons. The summed E-state index contributed by atoms with van der Waals surface area (Å²) in [6, 6.07) is 1.61. The molecule has 1 N–H and O–H groups in total. The molecule has 2 aromatic heterocycles. The molecule has 3 rings (SSSR count). The maximum absolute atomic E-state index is 9.53. The van der Waals surface area contributed by atoms with Gasteiger partial charge in [-0.25, -0.2) is 0 Å². The molecule has 1 saturated heterocycles. The van der Waals surface area contributed by atoms with Crippen molar-refractivity contribution >= 4 is 11.3 Å². The molecule has 0 amide bonds. The Morgan fingerprint density at radius 2 is 2.44 bits per heavy atom. The highest BCUT2D eigenvalue weighted by atomic mass is 32.1. The first-order valence-corrected chi connectivity index (χ1v) is 5.94. The molecule has 0 bridgehead atoms. The summed E-state index contributed by atoms with van der Waals surface area (Å²) in [6.45, 7) is 0.749. The zero-order valence-corrected chi connectivity index (χ0v) is 9.24. The van der Waals surface area contributed by atoms with E-state index in [1.807, 2.05) is 0 Å². The van der Waals surface area contributed by atoms with Crippen molar-refractivity contribution in [3.05, 3.63) is 17.3 Å². The van der Waals surface area contributed by atoms with E-state index in [-0.39, 0.29) is 11.9 Å². The Labute approximate surface area is 95.7 Å². The second kappa shape index (κ2) is 3.88. The standard InChI is InChI=1S/C10H10N2O3S/c13-6-3-5-16-8(6)10-11-9(12-15-10)7-2-1-4-14-7/h3,5,7,13H,1-2,4H2. The Balaban J connectivity index is 1.90. The van der Waals surface area contributed by atoms with Crippen molar-refractivity contribution in [2.45, 2.75) is 18.9 Å². The minimum absolute atomic E-state index is 0.0559. The number of hydrogen-bond acceptors (Lipinski definition) is 6. The molecular formula is C10H10N2O3S. The minimum Gasteiger partial charge on any atom is -0.506 e. The topological polar surface area (TPSA) is 68.4 Å². The number of aromatic nitrogens is 2. The minimum atomic E-state index is -0.0559. The number of hydrogen-bond donors (Lipinski definition) is 1. The quantitative estimate of drug-likeness (QED) is 0.869. The van der Waals surface area contributed by atoms with Gasteiger partial charge in [-0.15, -0.1) is 11.3 Å². The maximum atomic E-state index is 9.53. The second-order valence-corrected chi connectivity index (χ2v) is 4.51. The smallest absolute Gasteiger partial charge is 0.271 e. The summed E-state index contributed by atoms with van der Waals surface area (Å²) >= 11 is 1.37. The Morgan fingerprint density at radius 1 is 1.50 bits per heavy atom. The Bertz CT molecular complexity index is 488. The van der Waals surface area contributed by atoms with E-state index >= 15 is 0 Å². The van der Waals surface area contributed by atoms with Gasteiger partial charge in [0, 0.05) is 6.61 Å². The van der Waals surface area contributed by atoms with E-state index in [0.29, 0.717) is 16.6 Å². The van der Waals surface area contributed by atoms with Crippen LogP contribution in [0, 0.1) is 0 Å². The third-order valence-corrected chi connectivity index (χ3v) is 3.39. The van der Waals surface area contributed by atoms with E-state index in [2.05, 4.69) is 10.1 Å². The van der Waals surface area contributed by atoms with Crippen molar-refractivity contribution in [3.8, 4) is 16.5 Å². The van der Waals surface area contributed by atoms with Crippen LogP contribution in [-0.4, -0.2) is 21.9 Å². The third kappa shape index (κ3) is 1.60. The van der Waals surface area contributed by atoms with Crippen molar-refractivity contribution in [1.29, 1.82) is 0 Å². The molecule has 5 nitrogen and oxygen atoms in total. The summed E-state index contributed by atoms with van der Waals surface area (Å²) in [5, 5.41) is 15.2. The molecule has 2 aromatic rings. The first-order chi connectivity index (χ1) is 7.84. The van der Waals surface area contributed by atoms with Gasteiger partial charge in [-0.05, 0) is 24.3 Å². The highest BCUT2D eigenvalue weighted by Gasteiger charge is 2.24. The summed E-state index contributed by atoms with van der Waals surface area (Å²) < 4.78 is 10.6. The zero-order valence-electron chi connectivity index (χ0n) is 8.42. The Kier molecular flexibility index (Phi) is 2.37. The van der Waals surface area contributed by atoms with Crippen LogP contribution in [0.1, 0.15) is 24.8 Å². The molecule has 1 atom stereocenters. The van der Waals surface area contributed by atoms with Crippen LogP contribution < -0.4 is 0 Å². The van der Waals surface area contributed by atoms with Crippen LogP contribution in [0.4, 0.5) is 0 Å². The zero-order chi connectivity index (χ0) is 11.0. The van der Waals surface area contributed by atoms with Crippen LogP contribution in [0.5, 0.6) is 5.75 Å². The van der Waals surface area contributed by atoms with E-state index in [0.717, 1.165) is 19.4 Å². The molecule has 0 spiro atoms. The first kappa shape index (κ1) is 9.80. The predicted octanol–water partition coefficient (Wildman–Crippen LogP) is 2.36. The average molecular weight is 238 g/mol. The third-order valence-electron chi connectivity index (χ3n) is 2.50. The van der Waals surface area contributed by atoms with Crippen LogP contribution in [0.25, 0.3) is 10.8 Å². The van der Waals surface area contributed by atoms with E-state index in [1.54, 1.807) is 11.4 Å². The van der Waals surface area contributed by atoms with Crippen molar-refractivity contribution in [2.24, 2.45) is 0 Å². The molecular weight excluding hydrogens is 228 g/mol. The fourth-order valence-electron chi connectivity index (χ4n) is 1.70. The summed E-state index contributed by atoms with van der Waals surface area (Å²) in [7, 11) is 0. The summed E-state index contributed by atoms with van der Waals surface area (Å²) in [4.78, 5) is 4.85. The van der Waals surface area contributed by atoms with Crippen LogP contribution in [0.2, 0.25) is 0 Å². The number of nitrogens with zero attached hydrogens (tertiary/aromatic N) is 2. The summed E-state index contributed by atoms with van der Waals surface area (Å²) in [5.74, 6) is 1.10. The van der Waals surface area contributed by atoms with Crippen LogP contribution >= 0.6 is 11.3 Å². The molecule has 0 aromatic carbocycles. The van der Waals surface area contributed by atoms with E-state index in [9.17, 15) is 5.11 Å². The van der Waals surface area contributed by atoms with Gasteiger partial charge in [0.05, 0.1) is 0 Å².